The minimum atomic E-state index is -0.112. The minimum Gasteiger partial charge on any atom is -0.379 e. The van der Waals surface area contributed by atoms with E-state index in [1.807, 2.05) is 13.8 Å². The third kappa shape index (κ3) is 8.25. The molecule has 1 unspecified atom stereocenters. The second-order valence-electron chi connectivity index (χ2n) is 3.18. The molecule has 0 saturated heterocycles. The Morgan fingerprint density at radius 1 is 1.46 bits per heavy atom. The van der Waals surface area contributed by atoms with Gasteiger partial charge in [-0.15, -0.1) is 0 Å². The Morgan fingerprint density at radius 3 is 2.54 bits per heavy atom. The molecule has 0 bridgehead atoms. The molecule has 0 aromatic rings. The number of ether oxygens (including phenoxy) is 1. The van der Waals surface area contributed by atoms with Gasteiger partial charge in [-0.3, -0.25) is 4.79 Å². The van der Waals surface area contributed by atoms with Crippen molar-refractivity contribution < 1.29 is 9.53 Å². The van der Waals surface area contributed by atoms with Crippen LogP contribution in [0.15, 0.2) is 0 Å². The molecular weight excluding hydrogens is 234 g/mol. The van der Waals surface area contributed by atoms with Crippen LogP contribution in [-0.4, -0.2) is 30.0 Å². The molecule has 3 nitrogen and oxygen atoms in total. The molecule has 13 heavy (non-hydrogen) atoms. The average Bonchev–Trinajstić information content (AvgIpc) is 2.02. The minimum absolute atomic E-state index is 0.0320. The fraction of sp³-hybridized carbons (Fsp3) is 0.889. The van der Waals surface area contributed by atoms with Gasteiger partial charge in [0.1, 0.15) is 0 Å². The van der Waals surface area contributed by atoms with Crippen LogP contribution < -0.4 is 5.32 Å². The summed E-state index contributed by atoms with van der Waals surface area (Å²) in [6.07, 6.45) is 1.13. The normalized spacial score (nSPS) is 13.0. The Morgan fingerprint density at radius 2 is 2.08 bits per heavy atom. The highest BCUT2D eigenvalue weighted by molar-refractivity contribution is 9.10. The van der Waals surface area contributed by atoms with E-state index >= 15 is 0 Å². The lowest BCUT2D eigenvalue weighted by molar-refractivity contribution is -0.120. The fourth-order valence-corrected chi connectivity index (χ4v) is 0.905. The summed E-state index contributed by atoms with van der Waals surface area (Å²) in [5.41, 5.74) is 0. The molecule has 1 amide bonds. The van der Waals surface area contributed by atoms with Crippen LogP contribution in [0.4, 0.5) is 0 Å². The molecule has 0 heterocycles. The van der Waals surface area contributed by atoms with E-state index in [0.717, 1.165) is 6.42 Å². The van der Waals surface area contributed by atoms with Gasteiger partial charge in [0.2, 0.25) is 5.91 Å². The van der Waals surface area contributed by atoms with E-state index in [-0.39, 0.29) is 16.8 Å². The third-order valence-electron chi connectivity index (χ3n) is 1.43. The summed E-state index contributed by atoms with van der Waals surface area (Å²) in [7, 11) is 0. The van der Waals surface area contributed by atoms with Crippen molar-refractivity contribution >= 4 is 21.8 Å². The first kappa shape index (κ1) is 12.9. The van der Waals surface area contributed by atoms with Crippen LogP contribution in [0, 0.1) is 0 Å². The second-order valence-corrected chi connectivity index (χ2v) is 4.55. The zero-order valence-electron chi connectivity index (χ0n) is 8.47. The molecule has 0 aliphatic rings. The monoisotopic (exact) mass is 251 g/mol. The number of halogens is 1. The van der Waals surface area contributed by atoms with Gasteiger partial charge in [0.25, 0.3) is 0 Å². The van der Waals surface area contributed by atoms with Gasteiger partial charge in [-0.05, 0) is 27.2 Å². The lowest BCUT2D eigenvalue weighted by Crippen LogP contribution is -2.30. The van der Waals surface area contributed by atoms with Crippen molar-refractivity contribution in [3.05, 3.63) is 0 Å². The number of hydrogen-bond donors (Lipinski definition) is 1. The van der Waals surface area contributed by atoms with Crippen LogP contribution in [0.1, 0.15) is 27.2 Å². The Kier molecular flexibility index (Phi) is 7.28. The lowest BCUT2D eigenvalue weighted by Gasteiger charge is -2.08. The van der Waals surface area contributed by atoms with E-state index in [9.17, 15) is 4.79 Å². The van der Waals surface area contributed by atoms with Gasteiger partial charge in [-0.1, -0.05) is 15.9 Å². The summed E-state index contributed by atoms with van der Waals surface area (Å²) in [4.78, 5) is 10.9. The molecule has 0 aliphatic carbocycles. The summed E-state index contributed by atoms with van der Waals surface area (Å²) in [6.45, 7) is 7.19. The van der Waals surface area contributed by atoms with E-state index in [1.165, 1.54) is 0 Å². The Hall–Kier alpha value is -0.0900. The summed E-state index contributed by atoms with van der Waals surface area (Å²) in [5, 5.41) is 2.79. The van der Waals surface area contributed by atoms with E-state index < -0.39 is 0 Å². The molecular formula is C9H18BrNO2. The molecule has 0 radical (unpaired) electrons. The average molecular weight is 252 g/mol. The van der Waals surface area contributed by atoms with E-state index in [4.69, 9.17) is 4.74 Å². The molecule has 0 aromatic heterocycles. The summed E-state index contributed by atoms with van der Waals surface area (Å²) in [5.74, 6) is 0.0320. The molecule has 0 spiro atoms. The van der Waals surface area contributed by atoms with Gasteiger partial charge in [-0.2, -0.15) is 0 Å². The molecule has 0 saturated carbocycles. The van der Waals surface area contributed by atoms with Gasteiger partial charge in [0.15, 0.2) is 0 Å². The SMILES string of the molecule is CC(C)OCCCNC(=O)C(C)Br. The van der Waals surface area contributed by atoms with Gasteiger partial charge in [-0.25, -0.2) is 0 Å². The number of rotatable bonds is 6. The molecule has 1 atom stereocenters. The van der Waals surface area contributed by atoms with Gasteiger partial charge in [0, 0.05) is 13.2 Å². The fourth-order valence-electron chi connectivity index (χ4n) is 0.743. The molecule has 0 fully saturated rings. The van der Waals surface area contributed by atoms with Crippen LogP contribution in [0.5, 0.6) is 0 Å². The van der Waals surface area contributed by atoms with E-state index in [2.05, 4.69) is 21.2 Å². The van der Waals surface area contributed by atoms with Crippen LogP contribution in [0.3, 0.4) is 0 Å². The van der Waals surface area contributed by atoms with Gasteiger partial charge < -0.3 is 10.1 Å². The first-order chi connectivity index (χ1) is 6.04. The smallest absolute Gasteiger partial charge is 0.233 e. The number of carbonyl (C=O) groups is 1. The standard InChI is InChI=1S/C9H18BrNO2/c1-7(2)13-6-4-5-11-9(12)8(3)10/h7-8H,4-6H2,1-3H3,(H,11,12). The highest BCUT2D eigenvalue weighted by atomic mass is 79.9. The molecule has 1 N–H and O–H groups in total. The Bertz CT molecular complexity index is 149. The topological polar surface area (TPSA) is 38.3 Å². The maximum Gasteiger partial charge on any atom is 0.233 e. The molecule has 0 aromatic carbocycles. The van der Waals surface area contributed by atoms with Crippen molar-refractivity contribution in [1.82, 2.24) is 5.32 Å². The van der Waals surface area contributed by atoms with Crippen molar-refractivity contribution in [2.24, 2.45) is 0 Å². The summed E-state index contributed by atoms with van der Waals surface area (Å²) in [6, 6.07) is 0. The van der Waals surface area contributed by atoms with Crippen LogP contribution in [0.2, 0.25) is 0 Å². The number of nitrogens with one attached hydrogen (secondary N) is 1. The zero-order valence-corrected chi connectivity index (χ0v) is 10.1. The maximum atomic E-state index is 11.0. The van der Waals surface area contributed by atoms with Crippen molar-refractivity contribution in [2.75, 3.05) is 13.2 Å². The lowest BCUT2D eigenvalue weighted by atomic mass is 10.4. The maximum absolute atomic E-state index is 11.0. The Labute approximate surface area is 88.4 Å². The van der Waals surface area contributed by atoms with Crippen LogP contribution >= 0.6 is 15.9 Å². The highest BCUT2D eigenvalue weighted by Crippen LogP contribution is 1.96. The molecule has 0 rings (SSSR count). The van der Waals surface area contributed by atoms with Crippen molar-refractivity contribution in [1.29, 1.82) is 0 Å². The molecule has 78 valence electrons. The first-order valence-corrected chi connectivity index (χ1v) is 5.49. The summed E-state index contributed by atoms with van der Waals surface area (Å²) < 4.78 is 5.32. The zero-order chi connectivity index (χ0) is 10.3. The van der Waals surface area contributed by atoms with E-state index in [1.54, 1.807) is 6.92 Å². The van der Waals surface area contributed by atoms with Crippen molar-refractivity contribution in [2.45, 2.75) is 38.1 Å². The first-order valence-electron chi connectivity index (χ1n) is 4.57. The van der Waals surface area contributed by atoms with Crippen LogP contribution in [0.25, 0.3) is 0 Å². The predicted molar refractivity (Wildman–Crippen MR) is 57.1 cm³/mol. The highest BCUT2D eigenvalue weighted by Gasteiger charge is 2.06. The second kappa shape index (κ2) is 7.33. The number of alkyl halides is 1. The predicted octanol–water partition coefficient (Wildman–Crippen LogP) is 1.70. The number of hydrogen-bond acceptors (Lipinski definition) is 2. The number of carbonyl (C=O) groups excluding carboxylic acids is 1. The third-order valence-corrected chi connectivity index (χ3v) is 1.85. The largest absolute Gasteiger partial charge is 0.379 e. The van der Waals surface area contributed by atoms with Gasteiger partial charge >= 0.3 is 0 Å². The number of amides is 1. The van der Waals surface area contributed by atoms with Gasteiger partial charge in [0.05, 0.1) is 10.9 Å². The van der Waals surface area contributed by atoms with Crippen LogP contribution in [-0.2, 0) is 9.53 Å². The molecule has 4 heteroatoms. The van der Waals surface area contributed by atoms with Crippen molar-refractivity contribution in [3.8, 4) is 0 Å². The quantitative estimate of drug-likeness (QED) is 0.577. The van der Waals surface area contributed by atoms with Crippen molar-refractivity contribution in [3.63, 3.8) is 0 Å². The summed E-state index contributed by atoms with van der Waals surface area (Å²) >= 11 is 3.19. The van der Waals surface area contributed by atoms with E-state index in [0.29, 0.717) is 13.2 Å². The Balaban J connectivity index is 3.21. The molecule has 0 aliphatic heterocycles.